The Hall–Kier alpha value is -2.83. The van der Waals surface area contributed by atoms with Crippen LogP contribution in [0.25, 0.3) is 0 Å². The van der Waals surface area contributed by atoms with E-state index >= 15 is 0 Å². The first-order valence-corrected chi connectivity index (χ1v) is 8.10. The number of hydrogen-bond donors (Lipinski definition) is 3. The molecule has 0 spiro atoms. The molecule has 3 amide bonds. The number of nitrogens with one attached hydrogen (secondary N) is 3. The Bertz CT molecular complexity index is 757. The fourth-order valence-corrected chi connectivity index (χ4v) is 2.47. The van der Waals surface area contributed by atoms with Gasteiger partial charge in [-0.15, -0.1) is 0 Å². The number of anilines is 2. The Morgan fingerprint density at radius 2 is 2.00 bits per heavy atom. The quantitative estimate of drug-likeness (QED) is 0.751. The molecule has 0 aliphatic heterocycles. The van der Waals surface area contributed by atoms with Gasteiger partial charge in [0, 0.05) is 37.6 Å². The molecule has 2 rings (SSSR count). The summed E-state index contributed by atoms with van der Waals surface area (Å²) in [7, 11) is 1.99. The van der Waals surface area contributed by atoms with Gasteiger partial charge in [-0.05, 0) is 50.1 Å². The van der Waals surface area contributed by atoms with E-state index in [2.05, 4.69) is 26.6 Å². The van der Waals surface area contributed by atoms with Gasteiger partial charge < -0.3 is 20.5 Å². The highest BCUT2D eigenvalue weighted by Crippen LogP contribution is 2.19. The average Bonchev–Trinajstić information content (AvgIpc) is 2.93. The number of aryl methyl sites for hydroxylation is 2. The number of carbonyl (C=O) groups is 2. The van der Waals surface area contributed by atoms with Crippen molar-refractivity contribution >= 4 is 23.3 Å². The van der Waals surface area contributed by atoms with Crippen LogP contribution in [0.4, 0.5) is 20.6 Å². The van der Waals surface area contributed by atoms with Crippen molar-refractivity contribution in [2.75, 3.05) is 10.6 Å². The van der Waals surface area contributed by atoms with Gasteiger partial charge in [0.1, 0.15) is 5.82 Å². The summed E-state index contributed by atoms with van der Waals surface area (Å²) in [4.78, 5) is 23.1. The molecule has 25 heavy (non-hydrogen) atoms. The minimum atomic E-state index is -0.558. The topological polar surface area (TPSA) is 75.2 Å². The molecule has 0 radical (unpaired) electrons. The molecular formula is C18H23FN4O2. The molecule has 0 saturated carbocycles. The van der Waals surface area contributed by atoms with Crippen molar-refractivity contribution in [3.05, 3.63) is 48.0 Å². The third-order valence-corrected chi connectivity index (χ3v) is 3.80. The second-order valence-corrected chi connectivity index (χ2v) is 6.02. The van der Waals surface area contributed by atoms with E-state index in [0.717, 1.165) is 12.8 Å². The van der Waals surface area contributed by atoms with E-state index < -0.39 is 5.82 Å². The van der Waals surface area contributed by atoms with Gasteiger partial charge in [0.05, 0.1) is 5.69 Å². The van der Waals surface area contributed by atoms with Crippen molar-refractivity contribution in [3.8, 4) is 0 Å². The SMILES string of the molecule is CC(=O)Nc1cc(NC(=O)N[C@@H](C)CCc2cccn2C)ccc1F. The molecule has 0 fully saturated rings. The maximum Gasteiger partial charge on any atom is 0.319 e. The number of halogens is 1. The van der Waals surface area contributed by atoms with Crippen LogP contribution in [0.3, 0.4) is 0 Å². The van der Waals surface area contributed by atoms with Gasteiger partial charge in [-0.1, -0.05) is 0 Å². The predicted molar refractivity (Wildman–Crippen MR) is 96.1 cm³/mol. The van der Waals surface area contributed by atoms with Crippen molar-refractivity contribution < 1.29 is 14.0 Å². The van der Waals surface area contributed by atoms with Gasteiger partial charge in [-0.25, -0.2) is 9.18 Å². The Kier molecular flexibility index (Phi) is 6.16. The highest BCUT2D eigenvalue weighted by atomic mass is 19.1. The van der Waals surface area contributed by atoms with Gasteiger partial charge in [-0.2, -0.15) is 0 Å². The van der Waals surface area contributed by atoms with Crippen molar-refractivity contribution in [1.82, 2.24) is 9.88 Å². The summed E-state index contributed by atoms with van der Waals surface area (Å²) in [5, 5.41) is 7.87. The predicted octanol–water partition coefficient (Wildman–Crippen LogP) is 3.27. The zero-order valence-electron chi connectivity index (χ0n) is 14.6. The molecule has 0 aliphatic carbocycles. The van der Waals surface area contributed by atoms with E-state index in [1.54, 1.807) is 0 Å². The second kappa shape index (κ2) is 8.32. The van der Waals surface area contributed by atoms with Gasteiger partial charge in [0.25, 0.3) is 0 Å². The van der Waals surface area contributed by atoms with Crippen LogP contribution in [0.1, 0.15) is 26.0 Å². The summed E-state index contributed by atoms with van der Waals surface area (Å²) in [6.07, 6.45) is 3.64. The molecule has 0 bridgehead atoms. The third kappa shape index (κ3) is 5.63. The number of rotatable bonds is 6. The molecule has 0 unspecified atom stereocenters. The lowest BCUT2D eigenvalue weighted by atomic mass is 10.1. The fraction of sp³-hybridized carbons (Fsp3) is 0.333. The number of benzene rings is 1. The zero-order valence-corrected chi connectivity index (χ0v) is 14.6. The molecule has 6 nitrogen and oxygen atoms in total. The lowest BCUT2D eigenvalue weighted by molar-refractivity contribution is -0.114. The number of hydrogen-bond acceptors (Lipinski definition) is 2. The summed E-state index contributed by atoms with van der Waals surface area (Å²) in [5.74, 6) is -0.938. The smallest absolute Gasteiger partial charge is 0.319 e. The molecule has 7 heteroatoms. The Morgan fingerprint density at radius 1 is 1.24 bits per heavy atom. The first-order valence-electron chi connectivity index (χ1n) is 8.10. The third-order valence-electron chi connectivity index (χ3n) is 3.80. The molecular weight excluding hydrogens is 323 g/mol. The minimum Gasteiger partial charge on any atom is -0.354 e. The van der Waals surface area contributed by atoms with Crippen LogP contribution >= 0.6 is 0 Å². The Morgan fingerprint density at radius 3 is 2.64 bits per heavy atom. The van der Waals surface area contributed by atoms with E-state index in [1.165, 1.54) is 30.8 Å². The number of nitrogens with zero attached hydrogens (tertiary/aromatic N) is 1. The number of carbonyl (C=O) groups excluding carboxylic acids is 2. The molecule has 134 valence electrons. The number of aromatic nitrogens is 1. The second-order valence-electron chi connectivity index (χ2n) is 6.02. The van der Waals surface area contributed by atoms with E-state index in [-0.39, 0.29) is 23.7 Å². The van der Waals surface area contributed by atoms with Crippen LogP contribution in [-0.2, 0) is 18.3 Å². The van der Waals surface area contributed by atoms with E-state index in [1.807, 2.05) is 26.2 Å². The number of amides is 3. The van der Waals surface area contributed by atoms with Gasteiger partial charge in [-0.3, -0.25) is 4.79 Å². The van der Waals surface area contributed by atoms with Crippen LogP contribution in [0.5, 0.6) is 0 Å². The minimum absolute atomic E-state index is 0.0230. The van der Waals surface area contributed by atoms with Crippen LogP contribution in [0.2, 0.25) is 0 Å². The molecule has 0 aliphatic rings. The Labute approximate surface area is 146 Å². The largest absolute Gasteiger partial charge is 0.354 e. The first-order chi connectivity index (χ1) is 11.8. The summed E-state index contributed by atoms with van der Waals surface area (Å²) in [5.41, 5.74) is 1.63. The summed E-state index contributed by atoms with van der Waals surface area (Å²) >= 11 is 0. The molecule has 1 aromatic carbocycles. The van der Waals surface area contributed by atoms with Crippen LogP contribution < -0.4 is 16.0 Å². The molecule has 1 atom stereocenters. The van der Waals surface area contributed by atoms with Crippen LogP contribution in [-0.4, -0.2) is 22.5 Å². The highest BCUT2D eigenvalue weighted by molar-refractivity contribution is 5.92. The lowest BCUT2D eigenvalue weighted by Crippen LogP contribution is -2.36. The van der Waals surface area contributed by atoms with Crippen LogP contribution in [0, 0.1) is 5.82 Å². The molecule has 1 aromatic heterocycles. The lowest BCUT2D eigenvalue weighted by Gasteiger charge is -2.15. The average molecular weight is 346 g/mol. The Balaban J connectivity index is 1.87. The van der Waals surface area contributed by atoms with Crippen molar-refractivity contribution in [3.63, 3.8) is 0 Å². The van der Waals surface area contributed by atoms with E-state index in [4.69, 9.17) is 0 Å². The molecule has 1 heterocycles. The van der Waals surface area contributed by atoms with Gasteiger partial charge in [0.15, 0.2) is 0 Å². The van der Waals surface area contributed by atoms with E-state index in [9.17, 15) is 14.0 Å². The van der Waals surface area contributed by atoms with Gasteiger partial charge >= 0.3 is 6.03 Å². The number of urea groups is 1. The molecule has 3 N–H and O–H groups in total. The highest BCUT2D eigenvalue weighted by Gasteiger charge is 2.10. The summed E-state index contributed by atoms with van der Waals surface area (Å²) < 4.78 is 15.7. The maximum atomic E-state index is 13.6. The van der Waals surface area contributed by atoms with Crippen LogP contribution in [0.15, 0.2) is 36.5 Å². The standard InChI is InChI=1S/C18H23FN4O2/c1-12(6-8-15-5-4-10-23(15)3)20-18(25)22-14-7-9-16(19)17(11-14)21-13(2)24/h4-5,7,9-12H,6,8H2,1-3H3,(H,21,24)(H2,20,22,25)/t12-/m0/s1. The van der Waals surface area contributed by atoms with Crippen molar-refractivity contribution in [2.45, 2.75) is 32.7 Å². The summed E-state index contributed by atoms with van der Waals surface area (Å²) in [6, 6.07) is 7.65. The fourth-order valence-electron chi connectivity index (χ4n) is 2.47. The molecule has 2 aromatic rings. The summed E-state index contributed by atoms with van der Waals surface area (Å²) in [6.45, 7) is 3.22. The maximum absolute atomic E-state index is 13.6. The zero-order chi connectivity index (χ0) is 18.4. The van der Waals surface area contributed by atoms with E-state index in [0.29, 0.717) is 5.69 Å². The van der Waals surface area contributed by atoms with Crippen molar-refractivity contribution in [2.24, 2.45) is 7.05 Å². The van der Waals surface area contributed by atoms with Gasteiger partial charge in [0.2, 0.25) is 5.91 Å². The molecule has 0 saturated heterocycles. The normalized spacial score (nSPS) is 11.7. The monoisotopic (exact) mass is 346 g/mol. The first kappa shape index (κ1) is 18.5. The van der Waals surface area contributed by atoms with Crippen molar-refractivity contribution in [1.29, 1.82) is 0 Å².